The summed E-state index contributed by atoms with van der Waals surface area (Å²) in [7, 11) is 2.09. The van der Waals surface area contributed by atoms with E-state index in [2.05, 4.69) is 27.2 Å². The van der Waals surface area contributed by atoms with Gasteiger partial charge in [-0.1, -0.05) is 0 Å². The zero-order chi connectivity index (χ0) is 10.7. The van der Waals surface area contributed by atoms with Crippen LogP contribution in [0.2, 0.25) is 0 Å². The average molecular weight is 203 g/mol. The summed E-state index contributed by atoms with van der Waals surface area (Å²) in [5.74, 6) is 0.227. The fourth-order valence-electron chi connectivity index (χ4n) is 1.75. The van der Waals surface area contributed by atoms with Crippen molar-refractivity contribution in [2.75, 3.05) is 26.7 Å². The molecule has 1 unspecified atom stereocenters. The Morgan fingerprint density at radius 3 is 2.87 bits per heavy atom. The number of piperazine rings is 1. The van der Waals surface area contributed by atoms with E-state index in [9.17, 15) is 0 Å². The van der Waals surface area contributed by atoms with Crippen LogP contribution in [-0.2, 0) is 0 Å². The molecule has 1 N–H and O–H groups in total. The molecule has 1 saturated heterocycles. The molecule has 1 aromatic rings. The maximum absolute atomic E-state index is 8.59. The van der Waals surface area contributed by atoms with Crippen molar-refractivity contribution in [3.63, 3.8) is 0 Å². The molecule has 0 amide bonds. The van der Waals surface area contributed by atoms with Crippen LogP contribution in [0, 0.1) is 11.3 Å². The first-order valence-electron chi connectivity index (χ1n) is 4.94. The average Bonchev–Trinajstić information content (AvgIpc) is 2.30. The second-order valence-corrected chi connectivity index (χ2v) is 3.65. The molecule has 1 aromatic heterocycles. The highest BCUT2D eigenvalue weighted by molar-refractivity contribution is 5.17. The first-order chi connectivity index (χ1) is 7.31. The van der Waals surface area contributed by atoms with Crippen molar-refractivity contribution < 1.29 is 0 Å². The Hall–Kier alpha value is -1.51. The van der Waals surface area contributed by atoms with Crippen LogP contribution in [0.1, 0.15) is 17.4 Å². The van der Waals surface area contributed by atoms with Gasteiger partial charge in [0.1, 0.15) is 6.07 Å². The van der Waals surface area contributed by atoms with Gasteiger partial charge in [0, 0.05) is 37.6 Å². The predicted octanol–water partition coefficient (Wildman–Crippen LogP) is -0.0756. The molecule has 0 radical (unpaired) electrons. The molecule has 1 fully saturated rings. The van der Waals surface area contributed by atoms with Gasteiger partial charge in [-0.05, 0) is 7.05 Å². The van der Waals surface area contributed by atoms with Crippen LogP contribution in [0.3, 0.4) is 0 Å². The van der Waals surface area contributed by atoms with Crippen molar-refractivity contribution in [3.8, 4) is 6.07 Å². The molecule has 2 rings (SSSR count). The first kappa shape index (κ1) is 10.0. The maximum Gasteiger partial charge on any atom is 0.232 e. The topological polar surface area (TPSA) is 64.8 Å². The van der Waals surface area contributed by atoms with E-state index in [4.69, 9.17) is 5.26 Å². The van der Waals surface area contributed by atoms with Gasteiger partial charge in [-0.25, -0.2) is 9.97 Å². The molecular formula is C10H13N5. The molecule has 1 atom stereocenters. The summed E-state index contributed by atoms with van der Waals surface area (Å²) in [6, 6.07) is 2.23. The van der Waals surface area contributed by atoms with Crippen LogP contribution in [0.15, 0.2) is 12.4 Å². The van der Waals surface area contributed by atoms with Gasteiger partial charge in [0.25, 0.3) is 0 Å². The van der Waals surface area contributed by atoms with Crippen molar-refractivity contribution in [2.45, 2.75) is 6.04 Å². The molecule has 78 valence electrons. The Morgan fingerprint density at radius 1 is 1.53 bits per heavy atom. The second kappa shape index (κ2) is 4.34. The monoisotopic (exact) mass is 203 g/mol. The molecule has 15 heavy (non-hydrogen) atoms. The highest BCUT2D eigenvalue weighted by Crippen LogP contribution is 2.18. The van der Waals surface area contributed by atoms with Crippen LogP contribution in [-0.4, -0.2) is 41.5 Å². The van der Waals surface area contributed by atoms with Crippen LogP contribution in [0.25, 0.3) is 0 Å². The number of rotatable bonds is 1. The third kappa shape index (κ3) is 2.12. The molecule has 0 aromatic carbocycles. The van der Waals surface area contributed by atoms with Gasteiger partial charge in [0.15, 0.2) is 0 Å². The van der Waals surface area contributed by atoms with Gasteiger partial charge in [0.2, 0.25) is 5.82 Å². The molecule has 0 aliphatic carbocycles. The highest BCUT2D eigenvalue weighted by Gasteiger charge is 2.20. The molecule has 1 aliphatic heterocycles. The van der Waals surface area contributed by atoms with Gasteiger partial charge in [0.05, 0.1) is 6.04 Å². The second-order valence-electron chi connectivity index (χ2n) is 3.65. The van der Waals surface area contributed by atoms with Crippen LogP contribution >= 0.6 is 0 Å². The number of nitriles is 1. The summed E-state index contributed by atoms with van der Waals surface area (Å²) in [6.45, 7) is 2.95. The minimum atomic E-state index is 0.227. The Balaban J connectivity index is 2.18. The summed E-state index contributed by atoms with van der Waals surface area (Å²) in [5, 5.41) is 11.9. The van der Waals surface area contributed by atoms with E-state index in [1.54, 1.807) is 12.4 Å². The lowest BCUT2D eigenvalue weighted by Gasteiger charge is -2.32. The lowest BCUT2D eigenvalue weighted by molar-refractivity contribution is 0.201. The number of nitrogens with zero attached hydrogens (tertiary/aromatic N) is 4. The summed E-state index contributed by atoms with van der Waals surface area (Å²) in [6.07, 6.45) is 3.47. The first-order valence-corrected chi connectivity index (χ1v) is 4.94. The maximum atomic E-state index is 8.59. The Bertz CT molecular complexity index is 366. The summed E-state index contributed by atoms with van der Waals surface area (Å²) < 4.78 is 0. The summed E-state index contributed by atoms with van der Waals surface area (Å²) in [4.78, 5) is 10.2. The number of hydrogen-bond acceptors (Lipinski definition) is 5. The van der Waals surface area contributed by atoms with Crippen LogP contribution in [0.4, 0.5) is 0 Å². The minimum absolute atomic E-state index is 0.227. The van der Waals surface area contributed by atoms with Gasteiger partial charge in [-0.3, -0.25) is 4.90 Å². The molecule has 0 spiro atoms. The zero-order valence-corrected chi connectivity index (χ0v) is 8.64. The van der Waals surface area contributed by atoms with Crippen LogP contribution < -0.4 is 5.32 Å². The van der Waals surface area contributed by atoms with E-state index >= 15 is 0 Å². The number of nitrogens with one attached hydrogen (secondary N) is 1. The largest absolute Gasteiger partial charge is 0.314 e. The Labute approximate surface area is 88.8 Å². The fourth-order valence-corrected chi connectivity index (χ4v) is 1.75. The van der Waals surface area contributed by atoms with Crippen molar-refractivity contribution in [3.05, 3.63) is 23.8 Å². The Kier molecular flexibility index (Phi) is 2.90. The normalized spacial score (nSPS) is 22.3. The van der Waals surface area contributed by atoms with Crippen molar-refractivity contribution in [2.24, 2.45) is 0 Å². The van der Waals surface area contributed by atoms with Gasteiger partial charge in [-0.2, -0.15) is 5.26 Å². The molecular weight excluding hydrogens is 190 g/mol. The van der Waals surface area contributed by atoms with E-state index < -0.39 is 0 Å². The number of likely N-dealkylation sites (N-methyl/N-ethyl adjacent to an activating group) is 1. The molecule has 0 saturated carbocycles. The zero-order valence-electron chi connectivity index (χ0n) is 8.64. The van der Waals surface area contributed by atoms with Gasteiger partial charge >= 0.3 is 0 Å². The summed E-state index contributed by atoms with van der Waals surface area (Å²) >= 11 is 0. The summed E-state index contributed by atoms with van der Waals surface area (Å²) in [5.41, 5.74) is 1.06. The lowest BCUT2D eigenvalue weighted by atomic mass is 10.1. The quantitative estimate of drug-likeness (QED) is 0.692. The fraction of sp³-hybridized carbons (Fsp3) is 0.500. The van der Waals surface area contributed by atoms with E-state index in [1.807, 2.05) is 6.07 Å². The lowest BCUT2D eigenvalue weighted by Crippen LogP contribution is -2.43. The molecule has 2 heterocycles. The van der Waals surface area contributed by atoms with E-state index in [0.717, 1.165) is 25.2 Å². The van der Waals surface area contributed by atoms with Gasteiger partial charge < -0.3 is 5.32 Å². The smallest absolute Gasteiger partial charge is 0.232 e. The van der Waals surface area contributed by atoms with Gasteiger partial charge in [-0.15, -0.1) is 0 Å². The van der Waals surface area contributed by atoms with E-state index in [1.165, 1.54) is 0 Å². The van der Waals surface area contributed by atoms with Crippen LogP contribution in [0.5, 0.6) is 0 Å². The van der Waals surface area contributed by atoms with Crippen molar-refractivity contribution in [1.82, 2.24) is 20.2 Å². The molecule has 0 bridgehead atoms. The minimum Gasteiger partial charge on any atom is -0.314 e. The SMILES string of the molecule is CN1CCNCC1c1cnc(C#N)nc1. The third-order valence-electron chi connectivity index (χ3n) is 2.67. The highest BCUT2D eigenvalue weighted by atomic mass is 15.2. The molecule has 1 aliphatic rings. The molecule has 5 heteroatoms. The Morgan fingerprint density at radius 2 is 2.27 bits per heavy atom. The predicted molar refractivity (Wildman–Crippen MR) is 55.0 cm³/mol. The number of hydrogen-bond donors (Lipinski definition) is 1. The van der Waals surface area contributed by atoms with Crippen molar-refractivity contribution in [1.29, 1.82) is 5.26 Å². The van der Waals surface area contributed by atoms with E-state index in [0.29, 0.717) is 6.04 Å². The number of aromatic nitrogens is 2. The standard InChI is InChI=1S/C10H13N5/c1-15-3-2-12-7-9(15)8-5-13-10(4-11)14-6-8/h5-6,9,12H,2-3,7H2,1H3. The molecule has 5 nitrogen and oxygen atoms in total. The van der Waals surface area contributed by atoms with E-state index in [-0.39, 0.29) is 5.82 Å². The third-order valence-corrected chi connectivity index (χ3v) is 2.67. The van der Waals surface area contributed by atoms with Crippen molar-refractivity contribution >= 4 is 0 Å².